The molecule has 0 spiro atoms. The lowest BCUT2D eigenvalue weighted by Gasteiger charge is -2.28. The molecule has 21 heavy (non-hydrogen) atoms. The molecule has 0 aliphatic rings. The normalized spacial score (nSPS) is 12.4. The van der Waals surface area contributed by atoms with Gasteiger partial charge in [0, 0.05) is 0 Å². The Bertz CT molecular complexity index is 230. The minimum absolute atomic E-state index is 0.307. The highest BCUT2D eigenvalue weighted by atomic mass is 16.5. The highest BCUT2D eigenvalue weighted by Crippen LogP contribution is 2.13. The number of rotatable bonds is 15. The van der Waals surface area contributed by atoms with Crippen LogP contribution in [0.15, 0.2) is 12.3 Å². The Hall–Kier alpha value is -0.340. The van der Waals surface area contributed by atoms with Gasteiger partial charge in [-0.05, 0) is 18.9 Å². The fourth-order valence-corrected chi connectivity index (χ4v) is 2.61. The monoisotopic (exact) mass is 297 g/mol. The van der Waals surface area contributed by atoms with Crippen molar-refractivity contribution in [3.8, 4) is 0 Å². The van der Waals surface area contributed by atoms with Gasteiger partial charge in [0.05, 0.1) is 20.3 Å². The molecular formula is C19H39NO. The highest BCUT2D eigenvalue weighted by molar-refractivity contribution is 4.73. The Morgan fingerprint density at radius 1 is 0.667 bits per heavy atom. The number of hydroxylamine groups is 3. The molecule has 2 heteroatoms. The molecule has 0 saturated carbocycles. The van der Waals surface area contributed by atoms with Crippen LogP contribution in [-0.2, 0) is 0 Å². The molecule has 0 radical (unpaired) electrons. The van der Waals surface area contributed by atoms with Crippen LogP contribution in [-0.4, -0.2) is 18.7 Å². The molecule has 0 fully saturated rings. The summed E-state index contributed by atoms with van der Waals surface area (Å²) in [6.45, 7) is 2.28. The summed E-state index contributed by atoms with van der Waals surface area (Å²) in [7, 11) is 3.31. The van der Waals surface area contributed by atoms with Gasteiger partial charge in [-0.3, -0.25) is 0 Å². The molecular weight excluding hydrogens is 258 g/mol. The van der Waals surface area contributed by atoms with E-state index in [0.717, 1.165) is 6.42 Å². The van der Waals surface area contributed by atoms with Crippen LogP contribution in [0.4, 0.5) is 0 Å². The summed E-state index contributed by atoms with van der Waals surface area (Å²) in [5, 5.41) is 11.3. The third-order valence-electron chi connectivity index (χ3n) is 3.94. The lowest BCUT2D eigenvalue weighted by Crippen LogP contribution is -2.23. The third kappa shape index (κ3) is 19.7. The van der Waals surface area contributed by atoms with Crippen molar-refractivity contribution in [3.63, 3.8) is 0 Å². The van der Waals surface area contributed by atoms with Crippen molar-refractivity contribution in [1.82, 2.24) is 0 Å². The second-order valence-corrected chi connectivity index (χ2v) is 6.85. The van der Waals surface area contributed by atoms with Gasteiger partial charge in [-0.25, -0.2) is 0 Å². The standard InChI is InChI=1S/C19H39NO/c1-4-5-6-7-8-9-10-11-12-13-14-15-16-17-18-19-20(2,3)21/h18-19H,4-17H2,1-3H3. The van der Waals surface area contributed by atoms with Crippen LogP contribution in [0.1, 0.15) is 96.8 Å². The average Bonchev–Trinajstić information content (AvgIpc) is 2.42. The van der Waals surface area contributed by atoms with Gasteiger partial charge in [-0.15, -0.1) is 0 Å². The van der Waals surface area contributed by atoms with E-state index in [0.29, 0.717) is 0 Å². The predicted octanol–water partition coefficient (Wildman–Crippen LogP) is 6.56. The van der Waals surface area contributed by atoms with Crippen LogP contribution in [0, 0.1) is 5.21 Å². The van der Waals surface area contributed by atoms with Crippen LogP contribution < -0.4 is 0 Å². The molecule has 0 atom stereocenters. The molecule has 126 valence electrons. The van der Waals surface area contributed by atoms with Crippen LogP contribution in [0.5, 0.6) is 0 Å². The van der Waals surface area contributed by atoms with Crippen molar-refractivity contribution >= 4 is 0 Å². The summed E-state index contributed by atoms with van der Waals surface area (Å²) in [4.78, 5) is 0. The number of hydrogen-bond acceptors (Lipinski definition) is 1. The molecule has 2 nitrogen and oxygen atoms in total. The summed E-state index contributed by atoms with van der Waals surface area (Å²) < 4.78 is -0.307. The largest absolute Gasteiger partial charge is 0.628 e. The maximum Gasteiger partial charge on any atom is 0.0913 e. The summed E-state index contributed by atoms with van der Waals surface area (Å²) >= 11 is 0. The summed E-state index contributed by atoms with van der Waals surface area (Å²) in [5.41, 5.74) is 0. The minimum atomic E-state index is -0.307. The lowest BCUT2D eigenvalue weighted by atomic mass is 10.0. The Morgan fingerprint density at radius 2 is 1.05 bits per heavy atom. The quantitative estimate of drug-likeness (QED) is 0.191. The number of unbranched alkanes of at least 4 members (excludes halogenated alkanes) is 13. The molecule has 0 aliphatic carbocycles. The molecule has 0 aromatic rings. The first-order valence-electron chi connectivity index (χ1n) is 9.28. The second-order valence-electron chi connectivity index (χ2n) is 6.85. The van der Waals surface area contributed by atoms with Gasteiger partial charge >= 0.3 is 0 Å². The zero-order valence-corrected chi connectivity index (χ0v) is 14.9. The van der Waals surface area contributed by atoms with E-state index < -0.39 is 0 Å². The van der Waals surface area contributed by atoms with E-state index in [1.165, 1.54) is 83.5 Å². The van der Waals surface area contributed by atoms with Gasteiger partial charge in [-0.1, -0.05) is 84.0 Å². The van der Waals surface area contributed by atoms with E-state index in [4.69, 9.17) is 0 Å². The molecule has 0 saturated heterocycles. The molecule has 0 aliphatic heterocycles. The fraction of sp³-hybridized carbons (Fsp3) is 0.895. The smallest absolute Gasteiger partial charge is 0.0913 e. The Labute approximate surface area is 133 Å². The maximum absolute atomic E-state index is 11.3. The molecule has 0 heterocycles. The van der Waals surface area contributed by atoms with Crippen LogP contribution in [0.25, 0.3) is 0 Å². The molecule has 0 aromatic carbocycles. The van der Waals surface area contributed by atoms with Gasteiger partial charge in [0.15, 0.2) is 0 Å². The topological polar surface area (TPSA) is 23.1 Å². The van der Waals surface area contributed by atoms with Gasteiger partial charge in [-0.2, -0.15) is 0 Å². The fourth-order valence-electron chi connectivity index (χ4n) is 2.61. The molecule has 0 rings (SSSR count). The number of hydrogen-bond donors (Lipinski definition) is 0. The first kappa shape index (κ1) is 20.7. The van der Waals surface area contributed by atoms with E-state index in [-0.39, 0.29) is 4.65 Å². The van der Waals surface area contributed by atoms with Gasteiger partial charge in [0.25, 0.3) is 0 Å². The van der Waals surface area contributed by atoms with E-state index in [1.54, 1.807) is 20.3 Å². The van der Waals surface area contributed by atoms with Gasteiger partial charge in [0.2, 0.25) is 0 Å². The minimum Gasteiger partial charge on any atom is -0.628 e. The van der Waals surface area contributed by atoms with Crippen molar-refractivity contribution in [2.45, 2.75) is 96.8 Å². The molecule has 0 aromatic heterocycles. The van der Waals surface area contributed by atoms with Crippen molar-refractivity contribution in [2.75, 3.05) is 14.1 Å². The molecule has 0 amide bonds. The maximum atomic E-state index is 11.3. The summed E-state index contributed by atoms with van der Waals surface area (Å²) in [6, 6.07) is 0. The van der Waals surface area contributed by atoms with Crippen molar-refractivity contribution < 1.29 is 4.65 Å². The number of quaternary nitrogens is 1. The number of nitrogens with zero attached hydrogens (tertiary/aromatic N) is 1. The predicted molar refractivity (Wildman–Crippen MR) is 94.9 cm³/mol. The zero-order valence-electron chi connectivity index (χ0n) is 14.9. The Morgan fingerprint density at radius 3 is 1.43 bits per heavy atom. The van der Waals surface area contributed by atoms with E-state index in [9.17, 15) is 5.21 Å². The Kier molecular flexibility index (Phi) is 14.4. The highest BCUT2D eigenvalue weighted by Gasteiger charge is 1.94. The van der Waals surface area contributed by atoms with E-state index in [1.807, 2.05) is 6.08 Å². The van der Waals surface area contributed by atoms with E-state index >= 15 is 0 Å². The molecule has 0 unspecified atom stereocenters. The van der Waals surface area contributed by atoms with Crippen LogP contribution in [0.2, 0.25) is 0 Å². The summed E-state index contributed by atoms with van der Waals surface area (Å²) in [6.07, 6.45) is 22.9. The third-order valence-corrected chi connectivity index (χ3v) is 3.94. The van der Waals surface area contributed by atoms with Crippen molar-refractivity contribution in [3.05, 3.63) is 17.5 Å². The van der Waals surface area contributed by atoms with Crippen molar-refractivity contribution in [1.29, 1.82) is 0 Å². The van der Waals surface area contributed by atoms with Crippen LogP contribution in [0.3, 0.4) is 0 Å². The lowest BCUT2D eigenvalue weighted by molar-refractivity contribution is -0.785. The first-order chi connectivity index (χ1) is 10.1. The first-order valence-corrected chi connectivity index (χ1v) is 9.28. The second kappa shape index (κ2) is 14.6. The average molecular weight is 298 g/mol. The van der Waals surface area contributed by atoms with Gasteiger partial charge in [0.1, 0.15) is 0 Å². The molecule has 0 bridgehead atoms. The Balaban J connectivity index is 3.08. The molecule has 0 N–H and O–H groups in total. The number of allylic oxidation sites excluding steroid dienone is 1. The zero-order chi connectivity index (χ0) is 15.8. The van der Waals surface area contributed by atoms with Crippen molar-refractivity contribution in [2.24, 2.45) is 0 Å². The van der Waals surface area contributed by atoms with E-state index in [2.05, 4.69) is 6.92 Å². The summed E-state index contributed by atoms with van der Waals surface area (Å²) in [5.74, 6) is 0. The SMILES string of the molecule is CCCCCCCCCCCCCCCC=C[N+](C)(C)[O-]. The van der Waals surface area contributed by atoms with Crippen LogP contribution >= 0.6 is 0 Å². The van der Waals surface area contributed by atoms with Gasteiger partial charge < -0.3 is 9.85 Å².